The van der Waals surface area contributed by atoms with E-state index in [9.17, 15) is 15.0 Å². The molecule has 44 heavy (non-hydrogen) atoms. The first-order chi connectivity index (χ1) is 21.7. The molecule has 0 aliphatic heterocycles. The van der Waals surface area contributed by atoms with Crippen LogP contribution in [0.1, 0.15) is 206 Å². The molecule has 0 saturated carbocycles. The number of aliphatic hydroxyl groups is 2. The number of allylic oxidation sites excluding steroid dienone is 3. The van der Waals surface area contributed by atoms with Crippen LogP contribution in [0.5, 0.6) is 0 Å². The lowest BCUT2D eigenvalue weighted by Gasteiger charge is -2.20. The summed E-state index contributed by atoms with van der Waals surface area (Å²) in [4.78, 5) is 12.3. The molecule has 0 fully saturated rings. The fraction of sp³-hybridized carbons (Fsp3) is 0.875. The zero-order chi connectivity index (χ0) is 32.2. The second-order valence-electron chi connectivity index (χ2n) is 13.3. The zero-order valence-corrected chi connectivity index (χ0v) is 29.7. The fourth-order valence-corrected chi connectivity index (χ4v) is 5.88. The van der Waals surface area contributed by atoms with Crippen molar-refractivity contribution in [3.8, 4) is 0 Å². The summed E-state index contributed by atoms with van der Waals surface area (Å²) in [5.41, 5.74) is 0. The van der Waals surface area contributed by atoms with Gasteiger partial charge >= 0.3 is 0 Å². The molecule has 0 aromatic carbocycles. The molecule has 0 aliphatic rings. The molecular weight excluding hydrogens is 542 g/mol. The van der Waals surface area contributed by atoms with E-state index in [2.05, 4.69) is 31.3 Å². The molecule has 4 nitrogen and oxygen atoms in total. The summed E-state index contributed by atoms with van der Waals surface area (Å²) in [6, 6.07) is -0.620. The van der Waals surface area contributed by atoms with Crippen molar-refractivity contribution >= 4 is 5.91 Å². The van der Waals surface area contributed by atoms with Crippen LogP contribution < -0.4 is 5.32 Å². The first kappa shape index (κ1) is 42.9. The number of aliphatic hydroxyl groups excluding tert-OH is 2. The second-order valence-corrected chi connectivity index (χ2v) is 13.3. The first-order valence-electron chi connectivity index (χ1n) is 19.6. The van der Waals surface area contributed by atoms with Gasteiger partial charge in [0.25, 0.3) is 0 Å². The van der Waals surface area contributed by atoms with Crippen molar-refractivity contribution in [3.63, 3.8) is 0 Å². The Kier molecular flexibility index (Phi) is 35.4. The highest BCUT2D eigenvalue weighted by molar-refractivity contribution is 5.76. The van der Waals surface area contributed by atoms with Gasteiger partial charge in [-0.15, -0.1) is 0 Å². The normalized spacial score (nSPS) is 13.3. The van der Waals surface area contributed by atoms with E-state index in [1.807, 2.05) is 6.08 Å². The van der Waals surface area contributed by atoms with E-state index in [1.165, 1.54) is 161 Å². The molecule has 260 valence electrons. The summed E-state index contributed by atoms with van der Waals surface area (Å²) < 4.78 is 0. The maximum Gasteiger partial charge on any atom is 0.220 e. The van der Waals surface area contributed by atoms with Gasteiger partial charge in [-0.05, 0) is 44.9 Å². The summed E-state index contributed by atoms with van der Waals surface area (Å²) >= 11 is 0. The van der Waals surface area contributed by atoms with Crippen molar-refractivity contribution in [1.29, 1.82) is 0 Å². The largest absolute Gasteiger partial charge is 0.394 e. The fourth-order valence-electron chi connectivity index (χ4n) is 5.88. The van der Waals surface area contributed by atoms with E-state index in [-0.39, 0.29) is 12.5 Å². The third-order valence-electron chi connectivity index (χ3n) is 8.93. The minimum atomic E-state index is -0.836. The predicted molar refractivity (Wildman–Crippen MR) is 193 cm³/mol. The second kappa shape index (κ2) is 36.3. The molecule has 3 N–H and O–H groups in total. The number of hydrogen-bond acceptors (Lipinski definition) is 3. The smallest absolute Gasteiger partial charge is 0.220 e. The maximum atomic E-state index is 12.3. The molecule has 0 rings (SSSR count). The molecule has 0 aliphatic carbocycles. The van der Waals surface area contributed by atoms with Crippen molar-refractivity contribution in [2.75, 3.05) is 6.61 Å². The summed E-state index contributed by atoms with van der Waals surface area (Å²) in [6.07, 6.45) is 45.5. The highest BCUT2D eigenvalue weighted by Gasteiger charge is 2.17. The molecule has 0 radical (unpaired) electrons. The lowest BCUT2D eigenvalue weighted by atomic mass is 10.0. The third-order valence-corrected chi connectivity index (χ3v) is 8.93. The number of nitrogens with one attached hydrogen (secondary N) is 1. The van der Waals surface area contributed by atoms with Crippen LogP contribution >= 0.6 is 0 Å². The van der Waals surface area contributed by atoms with Crippen LogP contribution in [0.4, 0.5) is 0 Å². The molecule has 0 spiro atoms. The van der Waals surface area contributed by atoms with E-state index in [0.717, 1.165) is 25.7 Å². The number of carbonyl (C=O) groups is 1. The zero-order valence-electron chi connectivity index (χ0n) is 29.7. The van der Waals surface area contributed by atoms with Gasteiger partial charge in [0.15, 0.2) is 0 Å². The van der Waals surface area contributed by atoms with Crippen LogP contribution in [0, 0.1) is 0 Å². The molecule has 0 saturated heterocycles. The van der Waals surface area contributed by atoms with Gasteiger partial charge in [0.05, 0.1) is 18.8 Å². The van der Waals surface area contributed by atoms with Gasteiger partial charge in [0.2, 0.25) is 5.91 Å². The summed E-state index contributed by atoms with van der Waals surface area (Å²) in [7, 11) is 0. The van der Waals surface area contributed by atoms with E-state index in [4.69, 9.17) is 0 Å². The van der Waals surface area contributed by atoms with Gasteiger partial charge in [0, 0.05) is 6.42 Å². The lowest BCUT2D eigenvalue weighted by Crippen LogP contribution is -2.45. The Morgan fingerprint density at radius 2 is 0.864 bits per heavy atom. The molecule has 1 amide bonds. The van der Waals surface area contributed by atoms with Crippen molar-refractivity contribution in [2.45, 2.75) is 219 Å². The van der Waals surface area contributed by atoms with Gasteiger partial charge < -0.3 is 15.5 Å². The summed E-state index contributed by atoms with van der Waals surface area (Å²) in [5.74, 6) is -0.0691. The highest BCUT2D eigenvalue weighted by Crippen LogP contribution is 2.14. The van der Waals surface area contributed by atoms with Gasteiger partial charge in [0.1, 0.15) is 0 Å². The Labute approximate surface area is 275 Å². The molecule has 0 heterocycles. The number of unbranched alkanes of at least 4 members (excludes halogenated alkanes) is 26. The molecule has 2 atom stereocenters. The van der Waals surface area contributed by atoms with Gasteiger partial charge in [-0.1, -0.05) is 179 Å². The highest BCUT2D eigenvalue weighted by atomic mass is 16.3. The molecule has 2 unspecified atom stereocenters. The monoisotopic (exact) mass is 620 g/mol. The Bertz CT molecular complexity index is 632. The minimum Gasteiger partial charge on any atom is -0.394 e. The van der Waals surface area contributed by atoms with Crippen molar-refractivity contribution in [2.24, 2.45) is 0 Å². The van der Waals surface area contributed by atoms with Gasteiger partial charge in [-0.2, -0.15) is 0 Å². The number of rotatable bonds is 35. The average Bonchev–Trinajstić information content (AvgIpc) is 3.03. The number of carbonyl (C=O) groups excluding carboxylic acids is 1. The Morgan fingerprint density at radius 3 is 1.25 bits per heavy atom. The molecule has 0 bridgehead atoms. The van der Waals surface area contributed by atoms with Crippen LogP contribution in [0.3, 0.4) is 0 Å². The molecule has 0 aromatic heterocycles. The van der Waals surface area contributed by atoms with Crippen molar-refractivity contribution in [3.05, 3.63) is 24.3 Å². The lowest BCUT2D eigenvalue weighted by molar-refractivity contribution is -0.123. The van der Waals surface area contributed by atoms with Crippen LogP contribution in [0.25, 0.3) is 0 Å². The Balaban J connectivity index is 3.58. The minimum absolute atomic E-state index is 0.0691. The third kappa shape index (κ3) is 32.3. The molecule has 4 heteroatoms. The molecule has 0 aromatic rings. The molecular formula is C40H77NO3. The van der Waals surface area contributed by atoms with Crippen LogP contribution in [-0.4, -0.2) is 34.9 Å². The van der Waals surface area contributed by atoms with E-state index in [0.29, 0.717) is 6.42 Å². The van der Waals surface area contributed by atoms with E-state index >= 15 is 0 Å². The standard InChI is InChI=1S/C40H77NO3/c1-3-5-7-9-11-13-15-17-18-19-20-21-22-23-24-26-28-30-32-34-36-40(44)41-38(37-42)39(43)35-33-31-29-27-25-16-14-12-10-8-6-4-2/h20-21,33,35,38-39,42-43H,3-19,22-32,34,36-37H2,1-2H3,(H,41,44)/b21-20-,35-33+. The van der Waals surface area contributed by atoms with Crippen molar-refractivity contribution < 1.29 is 15.0 Å². The first-order valence-corrected chi connectivity index (χ1v) is 19.6. The Hall–Kier alpha value is -1.13. The predicted octanol–water partition coefficient (Wildman–Crippen LogP) is 11.7. The van der Waals surface area contributed by atoms with Crippen LogP contribution in [0.2, 0.25) is 0 Å². The number of hydrogen-bond donors (Lipinski definition) is 3. The quantitative estimate of drug-likeness (QED) is 0.0488. The SMILES string of the molecule is CCCCCCCCCCC/C=C\CCCCCCCCCC(=O)NC(CO)C(O)/C=C/CCCCCCCCCCCC. The summed E-state index contributed by atoms with van der Waals surface area (Å²) in [5, 5.41) is 22.9. The summed E-state index contributed by atoms with van der Waals surface area (Å²) in [6.45, 7) is 4.30. The van der Waals surface area contributed by atoms with E-state index < -0.39 is 12.1 Å². The maximum absolute atomic E-state index is 12.3. The van der Waals surface area contributed by atoms with Crippen LogP contribution in [0.15, 0.2) is 24.3 Å². The average molecular weight is 620 g/mol. The van der Waals surface area contributed by atoms with E-state index in [1.54, 1.807) is 6.08 Å². The topological polar surface area (TPSA) is 69.6 Å². The van der Waals surface area contributed by atoms with Crippen LogP contribution in [-0.2, 0) is 4.79 Å². The van der Waals surface area contributed by atoms with Crippen molar-refractivity contribution in [1.82, 2.24) is 5.32 Å². The van der Waals surface area contributed by atoms with Gasteiger partial charge in [-0.3, -0.25) is 4.79 Å². The number of amides is 1. The Morgan fingerprint density at radius 1 is 0.523 bits per heavy atom. The van der Waals surface area contributed by atoms with Gasteiger partial charge in [-0.25, -0.2) is 0 Å².